The van der Waals surface area contributed by atoms with Gasteiger partial charge in [-0.3, -0.25) is 9.59 Å². The van der Waals surface area contributed by atoms with Crippen LogP contribution in [-0.4, -0.2) is 47.8 Å². The van der Waals surface area contributed by atoms with Crippen molar-refractivity contribution in [2.75, 3.05) is 26.2 Å². The number of nitrogens with zero attached hydrogens (tertiary/aromatic N) is 2. The number of rotatable bonds is 3. The lowest BCUT2D eigenvalue weighted by Crippen LogP contribution is -2.47. The summed E-state index contributed by atoms with van der Waals surface area (Å²) in [5.74, 6) is 2.63. The maximum atomic E-state index is 12.8. The molecular weight excluding hydrogens is 300 g/mol. The smallest absolute Gasteiger partial charge is 0.225 e. The molecule has 0 bridgehead atoms. The van der Waals surface area contributed by atoms with Crippen molar-refractivity contribution in [3.05, 3.63) is 0 Å². The topological polar surface area (TPSA) is 40.6 Å². The highest BCUT2D eigenvalue weighted by Gasteiger charge is 2.34. The Morgan fingerprint density at radius 3 is 1.58 bits per heavy atom. The number of likely N-dealkylation sites (tertiary alicyclic amines) is 2. The number of carbonyl (C=O) groups excluding carboxylic acids is 2. The van der Waals surface area contributed by atoms with E-state index in [9.17, 15) is 9.59 Å². The van der Waals surface area contributed by atoms with Gasteiger partial charge in [0.2, 0.25) is 11.8 Å². The van der Waals surface area contributed by atoms with E-state index in [0.29, 0.717) is 11.8 Å². The molecule has 0 atom stereocenters. The van der Waals surface area contributed by atoms with E-state index < -0.39 is 0 Å². The van der Waals surface area contributed by atoms with E-state index in [-0.39, 0.29) is 11.8 Å². The Bertz CT molecular complexity index is 441. The summed E-state index contributed by atoms with van der Waals surface area (Å²) in [7, 11) is 0. The second-order valence-electron chi connectivity index (χ2n) is 8.49. The van der Waals surface area contributed by atoms with Crippen molar-refractivity contribution in [3.63, 3.8) is 0 Å². The van der Waals surface area contributed by atoms with Crippen LogP contribution >= 0.6 is 0 Å². The molecule has 3 aliphatic rings. The van der Waals surface area contributed by atoms with Gasteiger partial charge in [-0.2, -0.15) is 0 Å². The van der Waals surface area contributed by atoms with Crippen molar-refractivity contribution >= 4 is 11.8 Å². The summed E-state index contributed by atoms with van der Waals surface area (Å²) >= 11 is 0. The Labute approximate surface area is 146 Å². The number of carbonyl (C=O) groups is 2. The first-order chi connectivity index (χ1) is 11.6. The molecule has 0 radical (unpaired) electrons. The maximum Gasteiger partial charge on any atom is 0.225 e. The highest BCUT2D eigenvalue weighted by molar-refractivity contribution is 5.81. The molecule has 2 amide bonds. The molecule has 24 heavy (non-hydrogen) atoms. The Hall–Kier alpha value is -1.06. The van der Waals surface area contributed by atoms with E-state index in [1.807, 2.05) is 4.90 Å². The highest BCUT2D eigenvalue weighted by atomic mass is 16.2. The van der Waals surface area contributed by atoms with Crippen LogP contribution in [0, 0.1) is 23.7 Å². The molecule has 0 aromatic rings. The van der Waals surface area contributed by atoms with Crippen LogP contribution in [0.25, 0.3) is 0 Å². The third kappa shape index (κ3) is 3.94. The lowest BCUT2D eigenvalue weighted by molar-refractivity contribution is -0.143. The first-order valence-electron chi connectivity index (χ1n) is 10.1. The van der Waals surface area contributed by atoms with Crippen LogP contribution in [0.15, 0.2) is 0 Å². The third-order valence-electron chi connectivity index (χ3n) is 6.65. The second kappa shape index (κ2) is 7.88. The lowest BCUT2D eigenvalue weighted by Gasteiger charge is -2.38. The monoisotopic (exact) mass is 334 g/mol. The van der Waals surface area contributed by atoms with Crippen LogP contribution in [0.2, 0.25) is 0 Å². The van der Waals surface area contributed by atoms with Crippen molar-refractivity contribution in [2.24, 2.45) is 23.7 Å². The molecule has 0 aromatic heterocycles. The van der Waals surface area contributed by atoms with Gasteiger partial charge in [0.1, 0.15) is 0 Å². The van der Waals surface area contributed by atoms with Gasteiger partial charge in [0.15, 0.2) is 0 Å². The summed E-state index contributed by atoms with van der Waals surface area (Å²) in [6, 6.07) is 0. The molecule has 2 heterocycles. The quantitative estimate of drug-likeness (QED) is 0.794. The van der Waals surface area contributed by atoms with Crippen LogP contribution in [0.3, 0.4) is 0 Å². The van der Waals surface area contributed by atoms with Gasteiger partial charge in [-0.15, -0.1) is 0 Å². The van der Waals surface area contributed by atoms with Gasteiger partial charge in [0.25, 0.3) is 0 Å². The van der Waals surface area contributed by atoms with Gasteiger partial charge in [0.05, 0.1) is 0 Å². The molecule has 2 aliphatic heterocycles. The van der Waals surface area contributed by atoms with E-state index >= 15 is 0 Å². The summed E-state index contributed by atoms with van der Waals surface area (Å²) in [6.07, 6.45) is 8.59. The molecule has 136 valence electrons. The van der Waals surface area contributed by atoms with Crippen molar-refractivity contribution in [1.29, 1.82) is 0 Å². The SMILES string of the molecule is CC(C)C1CCN(C(=O)C2CCN(C(=O)C3CCCC3)CC2)CC1. The normalized spacial score (nSPS) is 24.8. The fourth-order valence-corrected chi connectivity index (χ4v) is 4.82. The van der Waals surface area contributed by atoms with Gasteiger partial charge in [0, 0.05) is 38.0 Å². The molecule has 0 aromatic carbocycles. The largest absolute Gasteiger partial charge is 0.342 e. The van der Waals surface area contributed by atoms with Crippen LogP contribution in [0.1, 0.15) is 65.2 Å². The first kappa shape index (κ1) is 17.8. The predicted molar refractivity (Wildman–Crippen MR) is 95.4 cm³/mol. The fourth-order valence-electron chi connectivity index (χ4n) is 4.82. The van der Waals surface area contributed by atoms with Gasteiger partial charge < -0.3 is 9.80 Å². The molecule has 1 aliphatic carbocycles. The first-order valence-corrected chi connectivity index (χ1v) is 10.1. The zero-order valence-corrected chi connectivity index (χ0v) is 15.5. The molecule has 4 nitrogen and oxygen atoms in total. The fraction of sp³-hybridized carbons (Fsp3) is 0.900. The number of piperidine rings is 2. The van der Waals surface area contributed by atoms with Gasteiger partial charge >= 0.3 is 0 Å². The van der Waals surface area contributed by atoms with Gasteiger partial charge in [-0.05, 0) is 50.4 Å². The van der Waals surface area contributed by atoms with Crippen molar-refractivity contribution in [3.8, 4) is 0 Å². The molecule has 0 N–H and O–H groups in total. The minimum Gasteiger partial charge on any atom is -0.342 e. The summed E-state index contributed by atoms with van der Waals surface area (Å²) < 4.78 is 0. The third-order valence-corrected chi connectivity index (χ3v) is 6.65. The molecule has 3 rings (SSSR count). The summed E-state index contributed by atoms with van der Waals surface area (Å²) in [6.45, 7) is 8.02. The lowest BCUT2D eigenvalue weighted by atomic mass is 9.85. The van der Waals surface area contributed by atoms with Crippen LogP contribution in [0.5, 0.6) is 0 Å². The highest BCUT2D eigenvalue weighted by Crippen LogP contribution is 2.30. The van der Waals surface area contributed by atoms with E-state index in [2.05, 4.69) is 18.7 Å². The number of hydrogen-bond acceptors (Lipinski definition) is 2. The summed E-state index contributed by atoms with van der Waals surface area (Å²) in [5, 5.41) is 0. The Morgan fingerprint density at radius 1 is 0.708 bits per heavy atom. The zero-order chi connectivity index (χ0) is 17.1. The Morgan fingerprint density at radius 2 is 1.12 bits per heavy atom. The van der Waals surface area contributed by atoms with Crippen LogP contribution in [-0.2, 0) is 9.59 Å². The minimum absolute atomic E-state index is 0.147. The van der Waals surface area contributed by atoms with Crippen LogP contribution in [0.4, 0.5) is 0 Å². The molecule has 0 spiro atoms. The van der Waals surface area contributed by atoms with E-state index in [1.165, 1.54) is 12.8 Å². The Kier molecular flexibility index (Phi) is 5.83. The van der Waals surface area contributed by atoms with E-state index in [0.717, 1.165) is 76.5 Å². The standard InChI is InChI=1S/C20H34N2O2/c1-15(2)16-7-11-21(12-8-16)20(24)18-9-13-22(14-10-18)19(23)17-5-3-4-6-17/h15-18H,3-14H2,1-2H3. The predicted octanol–water partition coefficient (Wildman–Crippen LogP) is 3.31. The average molecular weight is 335 g/mol. The van der Waals surface area contributed by atoms with Crippen LogP contribution < -0.4 is 0 Å². The van der Waals surface area contributed by atoms with E-state index in [4.69, 9.17) is 0 Å². The van der Waals surface area contributed by atoms with Crippen molar-refractivity contribution < 1.29 is 9.59 Å². The summed E-state index contributed by atoms with van der Waals surface area (Å²) in [4.78, 5) is 29.4. The maximum absolute atomic E-state index is 12.8. The van der Waals surface area contributed by atoms with E-state index in [1.54, 1.807) is 0 Å². The number of amides is 2. The minimum atomic E-state index is 0.147. The molecule has 4 heteroatoms. The molecule has 3 fully saturated rings. The van der Waals surface area contributed by atoms with Gasteiger partial charge in [-0.25, -0.2) is 0 Å². The Balaban J connectivity index is 1.44. The zero-order valence-electron chi connectivity index (χ0n) is 15.5. The average Bonchev–Trinajstić information content (AvgIpc) is 3.15. The molecule has 0 unspecified atom stereocenters. The summed E-state index contributed by atoms with van der Waals surface area (Å²) in [5.41, 5.74) is 0. The molecular formula is C20H34N2O2. The molecule has 2 saturated heterocycles. The van der Waals surface area contributed by atoms with Crippen molar-refractivity contribution in [1.82, 2.24) is 9.80 Å². The van der Waals surface area contributed by atoms with Gasteiger partial charge in [-0.1, -0.05) is 26.7 Å². The second-order valence-corrected chi connectivity index (χ2v) is 8.49. The number of hydrogen-bond donors (Lipinski definition) is 0. The molecule has 1 saturated carbocycles. The van der Waals surface area contributed by atoms with Crippen molar-refractivity contribution in [2.45, 2.75) is 65.2 Å².